The third-order valence-corrected chi connectivity index (χ3v) is 3.63. The van der Waals surface area contributed by atoms with Crippen molar-refractivity contribution in [3.63, 3.8) is 0 Å². The smallest absolute Gasteiger partial charge is 0.292 e. The Morgan fingerprint density at radius 3 is 2.59 bits per heavy atom. The molecule has 1 aliphatic carbocycles. The third-order valence-electron chi connectivity index (χ3n) is 2.64. The van der Waals surface area contributed by atoms with E-state index < -0.39 is 38.1 Å². The van der Waals surface area contributed by atoms with Gasteiger partial charge in [-0.2, -0.15) is 8.42 Å². The maximum Gasteiger partial charge on any atom is 0.292 e. The Morgan fingerprint density at radius 1 is 1.59 bits per heavy atom. The summed E-state index contributed by atoms with van der Waals surface area (Å²) in [6, 6.07) is -1.54. The molecule has 8 nitrogen and oxygen atoms in total. The van der Waals surface area contributed by atoms with E-state index in [2.05, 4.69) is 0 Å². The van der Waals surface area contributed by atoms with Crippen molar-refractivity contribution in [3.8, 4) is 0 Å². The molecule has 0 spiro atoms. The molecule has 0 bridgehead atoms. The molecular weight excluding hydrogens is 252 g/mol. The number of nitrogens with two attached hydrogens (primary N) is 1. The van der Waals surface area contributed by atoms with E-state index >= 15 is 0 Å². The fourth-order valence-corrected chi connectivity index (χ4v) is 2.47. The van der Waals surface area contributed by atoms with Crippen LogP contribution < -0.4 is 5.73 Å². The highest BCUT2D eigenvalue weighted by Gasteiger charge is 2.51. The zero-order chi connectivity index (χ0) is 13.3. The van der Waals surface area contributed by atoms with Crippen molar-refractivity contribution in [1.82, 2.24) is 0 Å². The van der Waals surface area contributed by atoms with Gasteiger partial charge in [-0.3, -0.25) is 14.7 Å². The average molecular weight is 264 g/mol. The SMILES string of the molecule is NC1C(S(=O)(=O)O)=CC=CC1(CCO)[N+](=O)[O-]. The average Bonchev–Trinajstić information content (AvgIpc) is 2.19. The summed E-state index contributed by atoms with van der Waals surface area (Å²) in [7, 11) is -4.60. The second-order valence-corrected chi connectivity index (χ2v) is 5.02. The number of aliphatic hydroxyl groups is 1. The highest BCUT2D eigenvalue weighted by Crippen LogP contribution is 2.30. The first-order chi connectivity index (χ1) is 7.75. The number of allylic oxidation sites excluding steroid dienone is 2. The van der Waals surface area contributed by atoms with Gasteiger partial charge in [0.05, 0.1) is 11.5 Å². The molecular formula is C8H12N2O6S. The van der Waals surface area contributed by atoms with Crippen LogP contribution in [-0.4, -0.2) is 41.2 Å². The summed E-state index contributed by atoms with van der Waals surface area (Å²) in [5, 5.41) is 19.8. The second-order valence-electron chi connectivity index (χ2n) is 3.60. The molecule has 2 atom stereocenters. The van der Waals surface area contributed by atoms with Gasteiger partial charge in [0.2, 0.25) is 0 Å². The summed E-state index contributed by atoms with van der Waals surface area (Å²) >= 11 is 0. The van der Waals surface area contributed by atoms with Gasteiger partial charge in [0, 0.05) is 11.3 Å². The second kappa shape index (κ2) is 4.53. The standard InChI is InChI=1S/C8H12N2O6S/c9-7-6(17(14,15)16)2-1-3-8(7,4-5-11)10(12)13/h1-3,7,11H,4-5,9H2,(H,14,15,16). The lowest BCUT2D eigenvalue weighted by atomic mass is 9.84. The summed E-state index contributed by atoms with van der Waals surface area (Å²) < 4.78 is 30.9. The van der Waals surface area contributed by atoms with Crippen molar-refractivity contribution in [3.05, 3.63) is 33.2 Å². The summed E-state index contributed by atoms with van der Waals surface area (Å²) in [5.74, 6) is 0. The zero-order valence-electron chi connectivity index (χ0n) is 8.68. The molecule has 0 heterocycles. The first kappa shape index (κ1) is 13.8. The molecule has 0 aromatic carbocycles. The zero-order valence-corrected chi connectivity index (χ0v) is 9.50. The maximum absolute atomic E-state index is 11.0. The number of nitrogens with zero attached hydrogens (tertiary/aromatic N) is 1. The Kier molecular flexibility index (Phi) is 3.67. The fourth-order valence-electron chi connectivity index (χ4n) is 1.69. The molecule has 17 heavy (non-hydrogen) atoms. The molecule has 0 saturated carbocycles. The topological polar surface area (TPSA) is 144 Å². The van der Waals surface area contributed by atoms with Gasteiger partial charge in [0.15, 0.2) is 0 Å². The summed E-state index contributed by atoms with van der Waals surface area (Å²) in [6.45, 7) is -0.530. The third kappa shape index (κ3) is 2.36. The van der Waals surface area contributed by atoms with Crippen LogP contribution in [0, 0.1) is 10.1 Å². The molecule has 0 saturated heterocycles. The van der Waals surface area contributed by atoms with Crippen LogP contribution in [0.5, 0.6) is 0 Å². The Hall–Kier alpha value is -1.29. The highest BCUT2D eigenvalue weighted by molar-refractivity contribution is 7.89. The van der Waals surface area contributed by atoms with Crippen LogP contribution >= 0.6 is 0 Å². The number of rotatable bonds is 4. The molecule has 96 valence electrons. The normalized spacial score (nSPS) is 28.9. The largest absolute Gasteiger partial charge is 0.396 e. The maximum atomic E-state index is 11.0. The van der Waals surface area contributed by atoms with Gasteiger partial charge in [-0.1, -0.05) is 6.08 Å². The van der Waals surface area contributed by atoms with Gasteiger partial charge < -0.3 is 10.8 Å². The van der Waals surface area contributed by atoms with Crippen molar-refractivity contribution in [2.24, 2.45) is 5.73 Å². The van der Waals surface area contributed by atoms with Gasteiger partial charge in [0.25, 0.3) is 15.7 Å². The van der Waals surface area contributed by atoms with Crippen molar-refractivity contribution in [1.29, 1.82) is 0 Å². The van der Waals surface area contributed by atoms with Crippen LogP contribution in [0.25, 0.3) is 0 Å². The molecule has 9 heteroatoms. The van der Waals surface area contributed by atoms with E-state index in [-0.39, 0.29) is 6.42 Å². The first-order valence-electron chi connectivity index (χ1n) is 4.63. The minimum Gasteiger partial charge on any atom is -0.396 e. The summed E-state index contributed by atoms with van der Waals surface area (Å²) in [4.78, 5) is 9.61. The van der Waals surface area contributed by atoms with Crippen LogP contribution in [0.2, 0.25) is 0 Å². The van der Waals surface area contributed by atoms with Crippen LogP contribution in [-0.2, 0) is 10.1 Å². The number of hydrogen-bond donors (Lipinski definition) is 3. The molecule has 1 aliphatic rings. The predicted octanol–water partition coefficient (Wildman–Crippen LogP) is -0.947. The van der Waals surface area contributed by atoms with Gasteiger partial charge >= 0.3 is 0 Å². The van der Waals surface area contributed by atoms with Crippen molar-refractivity contribution < 1.29 is 23.0 Å². The molecule has 0 aromatic heterocycles. The van der Waals surface area contributed by atoms with E-state index in [1.165, 1.54) is 0 Å². The summed E-state index contributed by atoms with van der Waals surface area (Å²) in [6.07, 6.45) is 2.90. The van der Waals surface area contributed by atoms with Crippen LogP contribution in [0.3, 0.4) is 0 Å². The van der Waals surface area contributed by atoms with Gasteiger partial charge in [-0.25, -0.2) is 0 Å². The van der Waals surface area contributed by atoms with Crippen LogP contribution in [0.1, 0.15) is 6.42 Å². The molecule has 2 unspecified atom stereocenters. The van der Waals surface area contributed by atoms with Crippen molar-refractivity contribution in [2.45, 2.75) is 18.0 Å². The minimum absolute atomic E-state index is 0.343. The molecule has 0 aromatic rings. The monoisotopic (exact) mass is 264 g/mol. The lowest BCUT2D eigenvalue weighted by Crippen LogP contribution is -2.56. The Balaban J connectivity index is 3.28. The molecule has 0 amide bonds. The van der Waals surface area contributed by atoms with E-state index in [9.17, 15) is 18.5 Å². The van der Waals surface area contributed by atoms with Crippen LogP contribution in [0.15, 0.2) is 23.1 Å². The van der Waals surface area contributed by atoms with Crippen LogP contribution in [0.4, 0.5) is 0 Å². The van der Waals surface area contributed by atoms with Gasteiger partial charge in [-0.05, 0) is 12.2 Å². The number of aliphatic hydroxyl groups excluding tert-OH is 1. The highest BCUT2D eigenvalue weighted by atomic mass is 32.2. The number of nitro groups is 1. The molecule has 0 radical (unpaired) electrons. The minimum atomic E-state index is -4.60. The quantitative estimate of drug-likeness (QED) is 0.337. The van der Waals surface area contributed by atoms with Gasteiger partial charge in [0.1, 0.15) is 6.04 Å². The number of hydrogen-bond acceptors (Lipinski definition) is 6. The van der Waals surface area contributed by atoms with E-state index in [1.807, 2.05) is 0 Å². The van der Waals surface area contributed by atoms with E-state index in [1.54, 1.807) is 0 Å². The van der Waals surface area contributed by atoms with Gasteiger partial charge in [-0.15, -0.1) is 0 Å². The Morgan fingerprint density at radius 2 is 2.18 bits per heavy atom. The van der Waals surface area contributed by atoms with Crippen molar-refractivity contribution >= 4 is 10.1 Å². The van der Waals surface area contributed by atoms with E-state index in [0.717, 1.165) is 18.2 Å². The molecule has 0 fully saturated rings. The molecule has 0 aliphatic heterocycles. The lowest BCUT2D eigenvalue weighted by molar-refractivity contribution is -0.558. The van der Waals surface area contributed by atoms with E-state index in [4.69, 9.17) is 15.4 Å². The molecule has 1 rings (SSSR count). The van der Waals surface area contributed by atoms with E-state index in [0.29, 0.717) is 0 Å². The van der Waals surface area contributed by atoms with Crippen molar-refractivity contribution in [2.75, 3.05) is 6.61 Å². The Labute approximate surface area is 97.3 Å². The lowest BCUT2D eigenvalue weighted by Gasteiger charge is -2.30. The summed E-state index contributed by atoms with van der Waals surface area (Å²) in [5.41, 5.74) is 3.60. The molecule has 4 N–H and O–H groups in total. The Bertz CT molecular complexity index is 482. The fraction of sp³-hybridized carbons (Fsp3) is 0.500. The predicted molar refractivity (Wildman–Crippen MR) is 58.2 cm³/mol. The first-order valence-corrected chi connectivity index (χ1v) is 6.07.